The molecule has 12 heavy (non-hydrogen) atoms. The highest BCUT2D eigenvalue weighted by Crippen LogP contribution is 2.21. The molecule has 70 valence electrons. The second-order valence-corrected chi connectivity index (χ2v) is 2.78. The zero-order valence-electron chi connectivity index (χ0n) is 8.99. The fourth-order valence-corrected chi connectivity index (χ4v) is 1.32. The van der Waals surface area contributed by atoms with Gasteiger partial charge in [0, 0.05) is 12.7 Å². The molecule has 0 aromatic heterocycles. The maximum atomic E-state index is 3.22. The third-order valence-corrected chi connectivity index (χ3v) is 2.19. The van der Waals surface area contributed by atoms with Gasteiger partial charge in [-0.15, -0.1) is 0 Å². The van der Waals surface area contributed by atoms with Gasteiger partial charge in [-0.25, -0.2) is 0 Å². The summed E-state index contributed by atoms with van der Waals surface area (Å²) in [7, 11) is 2.00. The summed E-state index contributed by atoms with van der Waals surface area (Å²) in [6.07, 6.45) is 4.68. The molecule has 1 rings (SSSR count). The predicted octanol–water partition coefficient (Wildman–Crippen LogP) is 3.25. The lowest BCUT2D eigenvalue weighted by atomic mass is 9.98. The van der Waals surface area contributed by atoms with Crippen LogP contribution < -0.4 is 5.32 Å². The molecule has 0 fully saturated rings. The van der Waals surface area contributed by atoms with Crippen LogP contribution in [0.2, 0.25) is 0 Å². The molecule has 0 radical (unpaired) electrons. The van der Waals surface area contributed by atoms with E-state index in [0.29, 0.717) is 0 Å². The van der Waals surface area contributed by atoms with Crippen molar-refractivity contribution in [3.8, 4) is 0 Å². The average Bonchev–Trinajstić information content (AvgIpc) is 2.13. The van der Waals surface area contributed by atoms with E-state index >= 15 is 0 Å². The minimum atomic E-state index is 1.18. The van der Waals surface area contributed by atoms with Gasteiger partial charge in [-0.05, 0) is 32.3 Å². The molecule has 1 aliphatic rings. The summed E-state index contributed by atoms with van der Waals surface area (Å²) in [6, 6.07) is 0. The molecule has 1 nitrogen and oxygen atoms in total. The van der Waals surface area contributed by atoms with Crippen molar-refractivity contribution in [2.24, 2.45) is 0 Å². The van der Waals surface area contributed by atoms with Gasteiger partial charge in [-0.1, -0.05) is 25.5 Å². The first-order chi connectivity index (χ1) is 5.75. The number of allylic oxidation sites excluding steroid dienone is 4. The second-order valence-electron chi connectivity index (χ2n) is 2.78. The lowest BCUT2D eigenvalue weighted by molar-refractivity contribution is 0.811. The Kier molecular flexibility index (Phi) is 5.52. The molecule has 0 saturated heterocycles. The van der Waals surface area contributed by atoms with E-state index in [4.69, 9.17) is 0 Å². The highest BCUT2D eigenvalue weighted by atomic mass is 14.8. The van der Waals surface area contributed by atoms with Crippen LogP contribution in [0.5, 0.6) is 0 Å². The highest BCUT2D eigenvalue weighted by molar-refractivity contribution is 5.34. The van der Waals surface area contributed by atoms with Crippen molar-refractivity contribution in [1.29, 1.82) is 0 Å². The lowest BCUT2D eigenvalue weighted by Gasteiger charge is -2.16. The number of nitrogens with one attached hydrogen (secondary N) is 1. The van der Waals surface area contributed by atoms with Gasteiger partial charge in [0.15, 0.2) is 0 Å². The Morgan fingerprint density at radius 2 is 1.83 bits per heavy atom. The van der Waals surface area contributed by atoms with E-state index < -0.39 is 0 Å². The summed E-state index contributed by atoms with van der Waals surface area (Å²) in [5.41, 5.74) is 4.25. The van der Waals surface area contributed by atoms with E-state index in [9.17, 15) is 0 Å². The van der Waals surface area contributed by atoms with Crippen LogP contribution >= 0.6 is 0 Å². The molecule has 0 spiro atoms. The van der Waals surface area contributed by atoms with Crippen LogP contribution in [-0.2, 0) is 0 Å². The third-order valence-electron chi connectivity index (χ3n) is 2.19. The molecule has 1 aliphatic carbocycles. The van der Waals surface area contributed by atoms with E-state index in [2.05, 4.69) is 25.2 Å². The molecule has 0 amide bonds. The fourth-order valence-electron chi connectivity index (χ4n) is 1.32. The van der Waals surface area contributed by atoms with Gasteiger partial charge in [0.2, 0.25) is 0 Å². The van der Waals surface area contributed by atoms with E-state index in [1.807, 2.05) is 20.9 Å². The van der Waals surface area contributed by atoms with Crippen LogP contribution in [0.4, 0.5) is 0 Å². The third kappa shape index (κ3) is 2.72. The fraction of sp³-hybridized carbons (Fsp3) is 0.636. The summed E-state index contributed by atoms with van der Waals surface area (Å²) in [6.45, 7) is 8.35. The maximum Gasteiger partial charge on any atom is 0.0139 e. The first-order valence-corrected chi connectivity index (χ1v) is 4.80. The number of rotatable bonds is 1. The molecule has 1 N–H and O–H groups in total. The minimum Gasteiger partial charge on any atom is -0.391 e. The van der Waals surface area contributed by atoms with E-state index in [1.165, 1.54) is 29.7 Å². The summed E-state index contributed by atoms with van der Waals surface area (Å²) in [4.78, 5) is 0. The van der Waals surface area contributed by atoms with Crippen LogP contribution in [-0.4, -0.2) is 7.05 Å². The van der Waals surface area contributed by atoms with Crippen LogP contribution in [0.3, 0.4) is 0 Å². The van der Waals surface area contributed by atoms with Crippen molar-refractivity contribution in [3.63, 3.8) is 0 Å². The quantitative estimate of drug-likeness (QED) is 0.632. The smallest absolute Gasteiger partial charge is 0.0139 e. The number of hydrogen-bond donors (Lipinski definition) is 1. The van der Waals surface area contributed by atoms with Gasteiger partial charge >= 0.3 is 0 Å². The zero-order valence-corrected chi connectivity index (χ0v) is 8.99. The standard InChI is InChI=1S/C9H15N.C2H6/c1-7-5-4-6-9(10-3)8(7)2;1-2/h5,10H,4,6H2,1-3H3;1-2H3. The van der Waals surface area contributed by atoms with Crippen molar-refractivity contribution in [3.05, 3.63) is 22.9 Å². The largest absolute Gasteiger partial charge is 0.391 e. The van der Waals surface area contributed by atoms with E-state index in [1.54, 1.807) is 0 Å². The maximum absolute atomic E-state index is 3.22. The summed E-state index contributed by atoms with van der Waals surface area (Å²) in [5, 5.41) is 3.22. The predicted molar refractivity (Wildman–Crippen MR) is 56.1 cm³/mol. The Bertz CT molecular complexity index is 187. The summed E-state index contributed by atoms with van der Waals surface area (Å²) < 4.78 is 0. The topological polar surface area (TPSA) is 12.0 Å². The van der Waals surface area contributed by atoms with Crippen molar-refractivity contribution >= 4 is 0 Å². The first kappa shape index (κ1) is 11.3. The van der Waals surface area contributed by atoms with Gasteiger partial charge in [0.25, 0.3) is 0 Å². The average molecular weight is 167 g/mol. The molecular weight excluding hydrogens is 146 g/mol. The van der Waals surface area contributed by atoms with Gasteiger partial charge in [0.1, 0.15) is 0 Å². The van der Waals surface area contributed by atoms with Crippen molar-refractivity contribution in [2.45, 2.75) is 40.5 Å². The van der Waals surface area contributed by atoms with Gasteiger partial charge in [0.05, 0.1) is 0 Å². The minimum absolute atomic E-state index is 1.18. The Balaban J connectivity index is 0.000000561. The highest BCUT2D eigenvalue weighted by Gasteiger charge is 2.06. The van der Waals surface area contributed by atoms with Crippen LogP contribution in [0.15, 0.2) is 22.9 Å². The first-order valence-electron chi connectivity index (χ1n) is 4.80. The monoisotopic (exact) mass is 167 g/mol. The number of hydrogen-bond acceptors (Lipinski definition) is 1. The molecule has 0 unspecified atom stereocenters. The second kappa shape index (κ2) is 5.87. The van der Waals surface area contributed by atoms with Crippen molar-refractivity contribution in [1.82, 2.24) is 5.32 Å². The molecular formula is C11H21N. The Labute approximate surface area is 76.6 Å². The molecule has 0 atom stereocenters. The Morgan fingerprint density at radius 3 is 2.25 bits per heavy atom. The molecule has 0 aromatic carbocycles. The molecule has 0 saturated carbocycles. The van der Waals surface area contributed by atoms with Crippen LogP contribution in [0.25, 0.3) is 0 Å². The molecule has 1 heteroatoms. The van der Waals surface area contributed by atoms with Crippen molar-refractivity contribution < 1.29 is 0 Å². The van der Waals surface area contributed by atoms with Crippen LogP contribution in [0.1, 0.15) is 40.5 Å². The molecule has 0 bridgehead atoms. The van der Waals surface area contributed by atoms with Gasteiger partial charge < -0.3 is 5.32 Å². The molecule has 0 aliphatic heterocycles. The normalized spacial score (nSPS) is 16.2. The van der Waals surface area contributed by atoms with Gasteiger partial charge in [-0.2, -0.15) is 0 Å². The SMILES string of the molecule is CC.CNC1=C(C)C(C)=CCC1. The summed E-state index contributed by atoms with van der Waals surface area (Å²) >= 11 is 0. The summed E-state index contributed by atoms with van der Waals surface area (Å²) in [5.74, 6) is 0. The van der Waals surface area contributed by atoms with Crippen LogP contribution in [0, 0.1) is 0 Å². The lowest BCUT2D eigenvalue weighted by Crippen LogP contribution is -2.10. The molecule has 0 heterocycles. The van der Waals surface area contributed by atoms with E-state index in [0.717, 1.165) is 0 Å². The molecule has 0 aromatic rings. The van der Waals surface area contributed by atoms with E-state index in [-0.39, 0.29) is 0 Å². The Morgan fingerprint density at radius 1 is 1.25 bits per heavy atom. The Hall–Kier alpha value is -0.720. The van der Waals surface area contributed by atoms with Crippen molar-refractivity contribution in [2.75, 3.05) is 7.05 Å². The zero-order chi connectivity index (χ0) is 9.56. The van der Waals surface area contributed by atoms with Gasteiger partial charge in [-0.3, -0.25) is 0 Å².